The van der Waals surface area contributed by atoms with E-state index in [-0.39, 0.29) is 5.56 Å². The Morgan fingerprint density at radius 2 is 1.62 bits per heavy atom. The predicted octanol–water partition coefficient (Wildman–Crippen LogP) is 1.81. The van der Waals surface area contributed by atoms with Gasteiger partial charge in [-0.15, -0.1) is 0 Å². The quantitative estimate of drug-likeness (QED) is 0.222. The number of nitro benzene ring substituents is 1. The fraction of sp³-hybridized carbons (Fsp3) is 0. The van der Waals surface area contributed by atoms with E-state index in [1.54, 1.807) is 0 Å². The van der Waals surface area contributed by atoms with Crippen LogP contribution < -0.4 is 5.73 Å². The number of benzene rings is 2. The molecule has 0 unspecified atom stereocenters. The van der Waals surface area contributed by atoms with Gasteiger partial charge in [0.2, 0.25) is 0 Å². The van der Waals surface area contributed by atoms with Gasteiger partial charge in [0.15, 0.2) is 0 Å². The standard InChI is InChI=1S/C14H12N2O8S2/c15-10-3-1-9(2-4-10)7-13(25(19,20)21)12-6-5-11(16(17)18)8-14(12)26(22,23)24/h1-8H,15H2,(H,19,20,21)(H,22,23,24)/b13-7-. The lowest BCUT2D eigenvalue weighted by molar-refractivity contribution is -0.385. The summed E-state index contributed by atoms with van der Waals surface area (Å²) in [6, 6.07) is 7.81. The molecule has 0 saturated heterocycles. The third-order valence-corrected chi connectivity index (χ3v) is 5.02. The Bertz CT molecular complexity index is 1100. The molecule has 0 heterocycles. The van der Waals surface area contributed by atoms with Gasteiger partial charge in [-0.25, -0.2) is 0 Å². The largest absolute Gasteiger partial charge is 0.399 e. The van der Waals surface area contributed by atoms with Gasteiger partial charge in [-0.05, 0) is 29.8 Å². The molecule has 0 aliphatic heterocycles. The maximum atomic E-state index is 11.8. The van der Waals surface area contributed by atoms with E-state index in [2.05, 4.69) is 0 Å². The zero-order valence-corrected chi connectivity index (χ0v) is 14.4. The van der Waals surface area contributed by atoms with Crippen LogP contribution in [0.2, 0.25) is 0 Å². The number of rotatable bonds is 5. The zero-order valence-electron chi connectivity index (χ0n) is 12.8. The topological polar surface area (TPSA) is 178 Å². The molecule has 0 aliphatic rings. The van der Waals surface area contributed by atoms with Crippen molar-refractivity contribution in [1.29, 1.82) is 0 Å². The molecule has 0 atom stereocenters. The minimum absolute atomic E-state index is 0.242. The predicted molar refractivity (Wildman–Crippen MR) is 93.2 cm³/mol. The van der Waals surface area contributed by atoms with Gasteiger partial charge >= 0.3 is 0 Å². The minimum atomic E-state index is -5.03. The van der Waals surface area contributed by atoms with Gasteiger partial charge < -0.3 is 5.73 Å². The van der Waals surface area contributed by atoms with Crippen LogP contribution in [0.4, 0.5) is 11.4 Å². The molecule has 12 heteroatoms. The van der Waals surface area contributed by atoms with Crippen molar-refractivity contribution in [3.05, 3.63) is 63.7 Å². The Hall–Kier alpha value is -2.80. The molecule has 0 bridgehead atoms. The summed E-state index contributed by atoms with van der Waals surface area (Å²) in [5, 5.41) is 10.8. The third kappa shape index (κ3) is 4.43. The molecule has 138 valence electrons. The Morgan fingerprint density at radius 1 is 1.04 bits per heavy atom. The molecular weight excluding hydrogens is 388 g/mol. The second-order valence-electron chi connectivity index (χ2n) is 5.06. The number of hydrogen-bond acceptors (Lipinski definition) is 7. The minimum Gasteiger partial charge on any atom is -0.399 e. The van der Waals surface area contributed by atoms with E-state index in [0.717, 1.165) is 18.2 Å². The first-order valence-corrected chi connectivity index (χ1v) is 9.58. The first-order valence-electron chi connectivity index (χ1n) is 6.70. The Labute approximate surface area is 148 Å². The summed E-state index contributed by atoms with van der Waals surface area (Å²) < 4.78 is 65.5. The van der Waals surface area contributed by atoms with Crippen LogP contribution in [0.5, 0.6) is 0 Å². The van der Waals surface area contributed by atoms with E-state index in [4.69, 9.17) is 5.73 Å². The van der Waals surface area contributed by atoms with Crippen LogP contribution in [0.1, 0.15) is 11.1 Å². The van der Waals surface area contributed by atoms with Crippen LogP contribution in [0, 0.1) is 10.1 Å². The van der Waals surface area contributed by atoms with Gasteiger partial charge in [0.05, 0.1) is 4.92 Å². The summed E-state index contributed by atoms with van der Waals surface area (Å²) in [6.45, 7) is 0. The molecule has 10 nitrogen and oxygen atoms in total. The molecule has 4 N–H and O–H groups in total. The highest BCUT2D eigenvalue weighted by molar-refractivity contribution is 7.95. The molecule has 0 fully saturated rings. The van der Waals surface area contributed by atoms with Gasteiger partial charge in [-0.1, -0.05) is 12.1 Å². The number of nitrogens with zero attached hydrogens (tertiary/aromatic N) is 1. The number of nitro groups is 1. The molecule has 0 aliphatic carbocycles. The van der Waals surface area contributed by atoms with Crippen LogP contribution in [0.25, 0.3) is 11.0 Å². The van der Waals surface area contributed by atoms with Crippen molar-refractivity contribution in [3.63, 3.8) is 0 Å². The molecule has 2 rings (SSSR count). The molecule has 0 amide bonds. The number of anilines is 1. The van der Waals surface area contributed by atoms with Crippen molar-refractivity contribution < 1.29 is 30.9 Å². The van der Waals surface area contributed by atoms with Crippen LogP contribution in [-0.4, -0.2) is 30.9 Å². The van der Waals surface area contributed by atoms with Gasteiger partial charge in [0.1, 0.15) is 9.80 Å². The average Bonchev–Trinajstić information content (AvgIpc) is 2.51. The molecule has 2 aromatic carbocycles. The third-order valence-electron chi connectivity index (χ3n) is 3.23. The first kappa shape index (κ1) is 19.5. The highest BCUT2D eigenvalue weighted by Crippen LogP contribution is 2.32. The Kier molecular flexibility index (Phi) is 5.13. The van der Waals surface area contributed by atoms with Crippen LogP contribution >= 0.6 is 0 Å². The van der Waals surface area contributed by atoms with E-state index in [1.807, 2.05) is 0 Å². The summed E-state index contributed by atoms with van der Waals surface area (Å²) >= 11 is 0. The van der Waals surface area contributed by atoms with E-state index in [9.17, 15) is 36.1 Å². The summed E-state index contributed by atoms with van der Waals surface area (Å²) in [4.78, 5) is 7.99. The molecule has 0 saturated carbocycles. The van der Waals surface area contributed by atoms with E-state index in [0.29, 0.717) is 11.8 Å². The highest BCUT2D eigenvalue weighted by atomic mass is 32.2. The molecule has 0 spiro atoms. The van der Waals surface area contributed by atoms with Gasteiger partial charge in [0, 0.05) is 23.4 Å². The maximum Gasteiger partial charge on any atom is 0.295 e. The molecule has 26 heavy (non-hydrogen) atoms. The highest BCUT2D eigenvalue weighted by Gasteiger charge is 2.27. The summed E-state index contributed by atoms with van der Waals surface area (Å²) in [5.41, 5.74) is 4.82. The van der Waals surface area contributed by atoms with Crippen LogP contribution in [0.3, 0.4) is 0 Å². The fourth-order valence-electron chi connectivity index (χ4n) is 2.08. The fourth-order valence-corrected chi connectivity index (χ4v) is 3.61. The van der Waals surface area contributed by atoms with Crippen molar-refractivity contribution in [2.75, 3.05) is 5.73 Å². The summed E-state index contributed by atoms with van der Waals surface area (Å²) in [5.74, 6) is 0. The van der Waals surface area contributed by atoms with E-state index >= 15 is 0 Å². The Morgan fingerprint density at radius 3 is 2.08 bits per heavy atom. The average molecular weight is 400 g/mol. The van der Waals surface area contributed by atoms with Crippen molar-refractivity contribution >= 4 is 42.6 Å². The normalized spacial score (nSPS) is 12.8. The van der Waals surface area contributed by atoms with Crippen LogP contribution in [-0.2, 0) is 20.2 Å². The number of nitrogens with two attached hydrogens (primary N) is 1. The molecular formula is C14H12N2O8S2. The number of non-ortho nitro benzene ring substituents is 1. The van der Waals surface area contributed by atoms with Crippen molar-refractivity contribution in [1.82, 2.24) is 0 Å². The van der Waals surface area contributed by atoms with Crippen LogP contribution in [0.15, 0.2) is 47.4 Å². The SMILES string of the molecule is Nc1ccc(/C=C(/c2ccc([N+](=O)[O-])cc2S(=O)(=O)O)S(=O)(=O)O)cc1. The van der Waals surface area contributed by atoms with Gasteiger partial charge in [0.25, 0.3) is 25.9 Å². The lowest BCUT2D eigenvalue weighted by atomic mass is 10.1. The van der Waals surface area contributed by atoms with E-state index < -0.39 is 46.2 Å². The van der Waals surface area contributed by atoms with Crippen molar-refractivity contribution in [2.24, 2.45) is 0 Å². The number of hydrogen-bond donors (Lipinski definition) is 3. The summed E-state index contributed by atoms with van der Waals surface area (Å²) in [6.07, 6.45) is 0.935. The lowest BCUT2D eigenvalue weighted by Gasteiger charge is -2.09. The molecule has 0 aromatic heterocycles. The summed E-state index contributed by atoms with van der Waals surface area (Å²) in [7, 11) is -9.99. The van der Waals surface area contributed by atoms with Crippen molar-refractivity contribution in [3.8, 4) is 0 Å². The molecule has 2 aromatic rings. The Balaban J connectivity index is 2.82. The zero-order chi connectivity index (χ0) is 19.7. The smallest absolute Gasteiger partial charge is 0.295 e. The second kappa shape index (κ2) is 6.84. The monoisotopic (exact) mass is 400 g/mol. The van der Waals surface area contributed by atoms with E-state index in [1.165, 1.54) is 24.3 Å². The lowest BCUT2D eigenvalue weighted by Crippen LogP contribution is -2.08. The maximum absolute atomic E-state index is 11.8. The van der Waals surface area contributed by atoms with Gasteiger partial charge in [-0.2, -0.15) is 16.8 Å². The second-order valence-corrected chi connectivity index (χ2v) is 7.84. The van der Waals surface area contributed by atoms with Crippen molar-refractivity contribution in [2.45, 2.75) is 4.90 Å². The van der Waals surface area contributed by atoms with Gasteiger partial charge in [-0.3, -0.25) is 19.2 Å². The molecule has 0 radical (unpaired) electrons. The first-order chi connectivity index (χ1) is 11.9. The number of nitrogen functional groups attached to an aromatic ring is 1.